The van der Waals surface area contributed by atoms with Crippen LogP contribution in [0.25, 0.3) is 11.4 Å². The molecule has 0 bridgehead atoms. The van der Waals surface area contributed by atoms with Crippen molar-refractivity contribution >= 4 is 11.8 Å². The number of carbonyl (C=O) groups excluding carboxylic acids is 2. The summed E-state index contributed by atoms with van der Waals surface area (Å²) in [5.41, 5.74) is 2.90. The number of rotatable bonds is 8. The summed E-state index contributed by atoms with van der Waals surface area (Å²) in [6.07, 6.45) is 2.63. The molecule has 0 saturated carbocycles. The molecule has 4 atom stereocenters. The third-order valence-electron chi connectivity index (χ3n) is 6.92. The fraction of sp³-hybridized carbons (Fsp3) is 0.286. The first kappa shape index (κ1) is 26.3. The minimum atomic E-state index is -1.94. The number of likely N-dealkylation sites (tertiary alicyclic amines) is 1. The highest BCUT2D eigenvalue weighted by Gasteiger charge is 2.39. The van der Waals surface area contributed by atoms with E-state index in [0.29, 0.717) is 30.8 Å². The fourth-order valence-electron chi connectivity index (χ4n) is 4.76. The Morgan fingerprint density at radius 1 is 0.974 bits per heavy atom. The van der Waals surface area contributed by atoms with Crippen molar-refractivity contribution in [2.45, 2.75) is 44.1 Å². The summed E-state index contributed by atoms with van der Waals surface area (Å²) in [7, 11) is 0. The topological polar surface area (TPSA) is 126 Å². The largest absolute Gasteiger partial charge is 0.380 e. The molecular formula is C28H29FN6O4. The number of aromatic nitrogens is 4. The van der Waals surface area contributed by atoms with Crippen molar-refractivity contribution in [2.24, 2.45) is 0 Å². The first-order valence-electron chi connectivity index (χ1n) is 12.7. The van der Waals surface area contributed by atoms with E-state index in [4.69, 9.17) is 0 Å². The van der Waals surface area contributed by atoms with E-state index in [-0.39, 0.29) is 5.82 Å². The number of benzene rings is 2. The molecular weight excluding hydrogens is 503 g/mol. The van der Waals surface area contributed by atoms with Gasteiger partial charge in [-0.25, -0.2) is 13.8 Å². The Kier molecular flexibility index (Phi) is 7.53. The molecule has 1 aliphatic rings. The van der Waals surface area contributed by atoms with E-state index < -0.39 is 36.1 Å². The molecule has 0 aliphatic carbocycles. The van der Waals surface area contributed by atoms with Gasteiger partial charge in [-0.3, -0.25) is 9.59 Å². The highest BCUT2D eigenvalue weighted by molar-refractivity contribution is 5.91. The lowest BCUT2D eigenvalue weighted by atomic mass is 10.1. The Morgan fingerprint density at radius 3 is 2.36 bits per heavy atom. The van der Waals surface area contributed by atoms with Crippen molar-refractivity contribution in [3.8, 4) is 11.4 Å². The van der Waals surface area contributed by atoms with E-state index in [1.807, 2.05) is 36.5 Å². The van der Waals surface area contributed by atoms with Gasteiger partial charge in [0.05, 0.1) is 29.2 Å². The number of nitrogens with zero attached hydrogens (tertiary/aromatic N) is 5. The van der Waals surface area contributed by atoms with Crippen LogP contribution in [0.2, 0.25) is 0 Å². The highest BCUT2D eigenvalue weighted by Crippen LogP contribution is 2.32. The van der Waals surface area contributed by atoms with Crippen LogP contribution in [0.4, 0.5) is 4.39 Å². The van der Waals surface area contributed by atoms with Gasteiger partial charge in [0.15, 0.2) is 12.2 Å². The number of hydrogen-bond acceptors (Lipinski definition) is 6. The minimum Gasteiger partial charge on any atom is -0.380 e. The molecule has 2 amide bonds. The van der Waals surface area contributed by atoms with Crippen LogP contribution in [0.15, 0.2) is 79.3 Å². The van der Waals surface area contributed by atoms with Gasteiger partial charge in [0.1, 0.15) is 5.82 Å². The molecule has 1 aliphatic heterocycles. The second-order valence-corrected chi connectivity index (χ2v) is 9.51. The molecule has 39 heavy (non-hydrogen) atoms. The maximum Gasteiger partial charge on any atom is 0.255 e. The molecule has 5 rings (SSSR count). The van der Waals surface area contributed by atoms with Crippen LogP contribution in [0.3, 0.4) is 0 Å². The van der Waals surface area contributed by atoms with Crippen molar-refractivity contribution < 1.29 is 24.2 Å². The monoisotopic (exact) mass is 532 g/mol. The number of carbonyl (C=O) groups is 2. The SMILES string of the molecule is C[C@@H](NC(=O)[C@H](O)[C@@H](O)C(=O)N1CCC[C@@H]1c1ccn(-c2ccc(F)cc2)n1)c1ccc(-n2cccn2)cc1. The summed E-state index contributed by atoms with van der Waals surface area (Å²) in [6.45, 7) is 2.10. The maximum atomic E-state index is 13.3. The molecule has 11 heteroatoms. The Bertz CT molecular complexity index is 1420. The summed E-state index contributed by atoms with van der Waals surface area (Å²) in [6, 6.07) is 15.9. The molecule has 0 radical (unpaired) electrons. The first-order valence-corrected chi connectivity index (χ1v) is 12.7. The van der Waals surface area contributed by atoms with E-state index in [0.717, 1.165) is 11.3 Å². The quantitative estimate of drug-likeness (QED) is 0.320. The van der Waals surface area contributed by atoms with Gasteiger partial charge >= 0.3 is 0 Å². The number of hydrogen-bond donors (Lipinski definition) is 3. The zero-order chi connectivity index (χ0) is 27.5. The van der Waals surface area contributed by atoms with Crippen molar-refractivity contribution in [3.63, 3.8) is 0 Å². The molecule has 2 aromatic heterocycles. The van der Waals surface area contributed by atoms with Gasteiger partial charge in [-0.15, -0.1) is 0 Å². The Balaban J connectivity index is 1.21. The molecule has 3 N–H and O–H groups in total. The van der Waals surface area contributed by atoms with Gasteiger partial charge in [0, 0.05) is 25.1 Å². The highest BCUT2D eigenvalue weighted by atomic mass is 19.1. The van der Waals surface area contributed by atoms with Gasteiger partial charge in [-0.1, -0.05) is 12.1 Å². The smallest absolute Gasteiger partial charge is 0.255 e. The van der Waals surface area contributed by atoms with Crippen molar-refractivity contribution in [2.75, 3.05) is 6.54 Å². The van der Waals surface area contributed by atoms with Crippen molar-refractivity contribution in [3.05, 3.63) is 96.3 Å². The van der Waals surface area contributed by atoms with Crippen LogP contribution in [0.5, 0.6) is 0 Å². The van der Waals surface area contributed by atoms with Crippen LogP contribution in [-0.2, 0) is 9.59 Å². The molecule has 4 aromatic rings. The van der Waals surface area contributed by atoms with E-state index in [9.17, 15) is 24.2 Å². The predicted octanol–water partition coefficient (Wildman–Crippen LogP) is 2.46. The lowest BCUT2D eigenvalue weighted by Gasteiger charge is -2.28. The summed E-state index contributed by atoms with van der Waals surface area (Å²) >= 11 is 0. The van der Waals surface area contributed by atoms with Crippen molar-refractivity contribution in [1.82, 2.24) is 29.8 Å². The number of amides is 2. The third-order valence-corrected chi connectivity index (χ3v) is 6.92. The summed E-state index contributed by atoms with van der Waals surface area (Å²) in [5, 5.41) is 32.6. The van der Waals surface area contributed by atoms with Gasteiger partial charge < -0.3 is 20.4 Å². The minimum absolute atomic E-state index is 0.354. The van der Waals surface area contributed by atoms with Crippen LogP contribution < -0.4 is 5.32 Å². The Labute approximate surface area is 224 Å². The first-order chi connectivity index (χ1) is 18.8. The number of halogens is 1. The second-order valence-electron chi connectivity index (χ2n) is 9.51. The van der Waals surface area contributed by atoms with Crippen LogP contribution in [0, 0.1) is 5.82 Å². The fourth-order valence-corrected chi connectivity index (χ4v) is 4.76. The standard InChI is InChI=1S/C28H29FN6O4/c1-18(19-5-9-21(10-6-19)34-16-3-14-30-34)31-27(38)25(36)26(37)28(39)33-15-2-4-24(33)23-13-17-35(32-23)22-11-7-20(29)8-12-22/h3,5-14,16-18,24-26,36-37H,2,4,15H2,1H3,(H,31,38)/t18-,24-,25-,26-/m1/s1. The zero-order valence-corrected chi connectivity index (χ0v) is 21.3. The Hall–Kier alpha value is -4.35. The molecule has 3 heterocycles. The average Bonchev–Trinajstić information content (AvgIpc) is 3.74. The van der Waals surface area contributed by atoms with Crippen LogP contribution in [-0.4, -0.2) is 65.2 Å². The van der Waals surface area contributed by atoms with E-state index in [1.54, 1.807) is 46.9 Å². The Morgan fingerprint density at radius 2 is 1.67 bits per heavy atom. The van der Waals surface area contributed by atoms with Gasteiger partial charge in [-0.2, -0.15) is 10.2 Å². The molecule has 0 unspecified atom stereocenters. The van der Waals surface area contributed by atoms with Crippen LogP contribution in [0.1, 0.15) is 43.1 Å². The van der Waals surface area contributed by atoms with Crippen LogP contribution >= 0.6 is 0 Å². The van der Waals surface area contributed by atoms with E-state index >= 15 is 0 Å². The molecule has 1 saturated heterocycles. The average molecular weight is 533 g/mol. The normalized spacial score (nSPS) is 17.5. The number of aliphatic hydroxyl groups excluding tert-OH is 2. The van der Waals surface area contributed by atoms with Gasteiger partial charge in [0.25, 0.3) is 11.8 Å². The summed E-state index contributed by atoms with van der Waals surface area (Å²) in [4.78, 5) is 27.3. The molecule has 1 fully saturated rings. The predicted molar refractivity (Wildman–Crippen MR) is 139 cm³/mol. The van der Waals surface area contributed by atoms with E-state index in [2.05, 4.69) is 15.5 Å². The number of aliphatic hydroxyl groups is 2. The van der Waals surface area contributed by atoms with E-state index in [1.165, 1.54) is 17.0 Å². The lowest BCUT2D eigenvalue weighted by Crippen LogP contribution is -2.51. The van der Waals surface area contributed by atoms with Gasteiger partial charge in [0.2, 0.25) is 0 Å². The number of nitrogens with one attached hydrogen (secondary N) is 1. The molecule has 0 spiro atoms. The molecule has 2 aromatic carbocycles. The van der Waals surface area contributed by atoms with Crippen molar-refractivity contribution in [1.29, 1.82) is 0 Å². The zero-order valence-electron chi connectivity index (χ0n) is 21.3. The molecule has 10 nitrogen and oxygen atoms in total. The summed E-state index contributed by atoms with van der Waals surface area (Å²) in [5.74, 6) is -1.95. The third kappa shape index (κ3) is 5.59. The second kappa shape index (κ2) is 11.2. The maximum absolute atomic E-state index is 13.3. The molecule has 202 valence electrons. The van der Waals surface area contributed by atoms with Gasteiger partial charge in [-0.05, 0) is 73.9 Å². The summed E-state index contributed by atoms with van der Waals surface area (Å²) < 4.78 is 16.5. The lowest BCUT2D eigenvalue weighted by molar-refractivity contribution is -0.154.